The molecule has 0 aliphatic carbocycles. The topological polar surface area (TPSA) is 58.6 Å². The molecule has 1 aliphatic heterocycles. The molecule has 3 aromatic carbocycles. The maximum Gasteiger partial charge on any atom is 0.282 e. The Morgan fingerprint density at radius 1 is 1.00 bits per heavy atom. The van der Waals surface area contributed by atoms with Crippen LogP contribution in [-0.2, 0) is 9.59 Å². The molecular formula is C26H22ClFN2O3. The standard InChI is InChI=1S/C26H22ClFN2O3/c1-3-14-33-22-7-5-4-6-21(22)30-25(31)23(17-9-12-19(28)13-10-17)24(26(30)32)29-20-15-18(27)11-8-16(20)2/h4-13,15,29H,3,14H2,1-2H3. The number of aryl methyl sites for hydroxylation is 1. The Morgan fingerprint density at radius 3 is 2.45 bits per heavy atom. The van der Waals surface area contributed by atoms with Crippen molar-refractivity contribution < 1.29 is 18.7 Å². The van der Waals surface area contributed by atoms with E-state index in [-0.39, 0.29) is 11.3 Å². The number of carbonyl (C=O) groups excluding carboxylic acids is 2. The molecule has 0 saturated heterocycles. The van der Waals surface area contributed by atoms with Crippen LogP contribution in [0.3, 0.4) is 0 Å². The van der Waals surface area contributed by atoms with Crippen LogP contribution in [0.2, 0.25) is 5.02 Å². The Hall–Kier alpha value is -3.64. The van der Waals surface area contributed by atoms with Gasteiger partial charge in [-0.3, -0.25) is 9.59 Å². The number of nitrogens with one attached hydrogen (secondary N) is 1. The van der Waals surface area contributed by atoms with Gasteiger partial charge in [0.25, 0.3) is 11.8 Å². The normalized spacial score (nSPS) is 13.6. The summed E-state index contributed by atoms with van der Waals surface area (Å²) in [6, 6.07) is 17.6. The summed E-state index contributed by atoms with van der Waals surface area (Å²) in [5.41, 5.74) is 2.44. The molecule has 4 rings (SSSR count). The summed E-state index contributed by atoms with van der Waals surface area (Å²) in [6.45, 7) is 4.28. The van der Waals surface area contributed by atoms with Gasteiger partial charge in [0.2, 0.25) is 0 Å². The predicted molar refractivity (Wildman–Crippen MR) is 128 cm³/mol. The van der Waals surface area contributed by atoms with Crippen LogP contribution >= 0.6 is 11.6 Å². The first-order valence-electron chi connectivity index (χ1n) is 10.5. The molecule has 0 fully saturated rings. The maximum atomic E-state index is 13.6. The molecule has 5 nitrogen and oxygen atoms in total. The first-order valence-corrected chi connectivity index (χ1v) is 10.9. The Balaban J connectivity index is 1.83. The van der Waals surface area contributed by atoms with E-state index in [0.29, 0.717) is 34.3 Å². The predicted octanol–water partition coefficient (Wildman–Crippen LogP) is 5.97. The molecule has 0 saturated carbocycles. The fourth-order valence-corrected chi connectivity index (χ4v) is 3.76. The number of nitrogens with zero attached hydrogens (tertiary/aromatic N) is 1. The highest BCUT2D eigenvalue weighted by atomic mass is 35.5. The lowest BCUT2D eigenvalue weighted by molar-refractivity contribution is -0.120. The first kappa shape index (κ1) is 22.6. The smallest absolute Gasteiger partial charge is 0.282 e. The van der Waals surface area contributed by atoms with Gasteiger partial charge in [-0.05, 0) is 60.9 Å². The second-order valence-electron chi connectivity index (χ2n) is 7.60. The van der Waals surface area contributed by atoms with Crippen molar-refractivity contribution in [1.82, 2.24) is 0 Å². The van der Waals surface area contributed by atoms with Crippen molar-refractivity contribution in [3.63, 3.8) is 0 Å². The number of rotatable bonds is 7. The summed E-state index contributed by atoms with van der Waals surface area (Å²) in [5.74, 6) is -1.07. The van der Waals surface area contributed by atoms with E-state index in [4.69, 9.17) is 16.3 Å². The van der Waals surface area contributed by atoms with Gasteiger partial charge in [0.15, 0.2) is 0 Å². The van der Waals surface area contributed by atoms with Crippen LogP contribution in [0.25, 0.3) is 5.57 Å². The third kappa shape index (κ3) is 4.47. The highest BCUT2D eigenvalue weighted by Crippen LogP contribution is 2.38. The van der Waals surface area contributed by atoms with Crippen LogP contribution < -0.4 is 15.0 Å². The Labute approximate surface area is 196 Å². The molecule has 3 aromatic rings. The number of imide groups is 1. The van der Waals surface area contributed by atoms with E-state index in [1.54, 1.807) is 36.4 Å². The van der Waals surface area contributed by atoms with E-state index in [9.17, 15) is 14.0 Å². The minimum absolute atomic E-state index is 0.0854. The lowest BCUT2D eigenvalue weighted by atomic mass is 10.0. The number of carbonyl (C=O) groups is 2. The van der Waals surface area contributed by atoms with Gasteiger partial charge < -0.3 is 10.1 Å². The van der Waals surface area contributed by atoms with Gasteiger partial charge in [-0.1, -0.05) is 48.9 Å². The summed E-state index contributed by atoms with van der Waals surface area (Å²) >= 11 is 6.16. The van der Waals surface area contributed by atoms with Crippen LogP contribution in [0.4, 0.5) is 15.8 Å². The van der Waals surface area contributed by atoms with Crippen molar-refractivity contribution in [1.29, 1.82) is 0 Å². The maximum absolute atomic E-state index is 13.6. The molecule has 0 atom stereocenters. The molecular weight excluding hydrogens is 443 g/mol. The summed E-state index contributed by atoms with van der Waals surface area (Å²) in [7, 11) is 0. The van der Waals surface area contributed by atoms with Crippen LogP contribution in [0, 0.1) is 12.7 Å². The second kappa shape index (κ2) is 9.46. The van der Waals surface area contributed by atoms with Crippen molar-refractivity contribution in [3.05, 3.63) is 94.4 Å². The zero-order valence-electron chi connectivity index (χ0n) is 18.2. The van der Waals surface area contributed by atoms with Gasteiger partial charge in [-0.25, -0.2) is 9.29 Å². The number of para-hydroxylation sites is 2. The van der Waals surface area contributed by atoms with Gasteiger partial charge in [0, 0.05) is 10.7 Å². The largest absolute Gasteiger partial charge is 0.491 e. The third-order valence-corrected chi connectivity index (χ3v) is 5.48. The van der Waals surface area contributed by atoms with E-state index < -0.39 is 17.6 Å². The number of hydrogen-bond acceptors (Lipinski definition) is 4. The van der Waals surface area contributed by atoms with Gasteiger partial charge >= 0.3 is 0 Å². The van der Waals surface area contributed by atoms with E-state index in [2.05, 4.69) is 5.32 Å². The minimum atomic E-state index is -0.536. The third-order valence-electron chi connectivity index (χ3n) is 5.24. The molecule has 0 aromatic heterocycles. The monoisotopic (exact) mass is 464 g/mol. The molecule has 2 amide bonds. The zero-order valence-corrected chi connectivity index (χ0v) is 18.9. The lowest BCUT2D eigenvalue weighted by Crippen LogP contribution is -2.32. The average molecular weight is 465 g/mol. The first-order chi connectivity index (χ1) is 15.9. The van der Waals surface area contributed by atoms with Crippen LogP contribution in [-0.4, -0.2) is 18.4 Å². The van der Waals surface area contributed by atoms with E-state index >= 15 is 0 Å². The lowest BCUT2D eigenvalue weighted by Gasteiger charge is -2.19. The quantitative estimate of drug-likeness (QED) is 0.437. The van der Waals surface area contributed by atoms with Crippen molar-refractivity contribution in [3.8, 4) is 5.75 Å². The molecule has 0 radical (unpaired) electrons. The van der Waals surface area contributed by atoms with Crippen molar-refractivity contribution in [2.45, 2.75) is 20.3 Å². The van der Waals surface area contributed by atoms with Gasteiger partial charge in [0.05, 0.1) is 17.9 Å². The molecule has 33 heavy (non-hydrogen) atoms. The zero-order chi connectivity index (χ0) is 23.5. The van der Waals surface area contributed by atoms with E-state index in [0.717, 1.165) is 16.9 Å². The van der Waals surface area contributed by atoms with E-state index in [1.807, 2.05) is 19.9 Å². The highest BCUT2D eigenvalue weighted by Gasteiger charge is 2.41. The summed E-state index contributed by atoms with van der Waals surface area (Å²) in [5, 5.41) is 3.59. The summed E-state index contributed by atoms with van der Waals surface area (Å²) in [6.07, 6.45) is 0.774. The number of amides is 2. The number of anilines is 2. The van der Waals surface area contributed by atoms with Crippen LogP contribution in [0.15, 0.2) is 72.4 Å². The van der Waals surface area contributed by atoms with Gasteiger partial charge in [-0.2, -0.15) is 0 Å². The van der Waals surface area contributed by atoms with Crippen LogP contribution in [0.1, 0.15) is 24.5 Å². The number of halogens is 2. The molecule has 0 spiro atoms. The Bertz CT molecular complexity index is 1250. The minimum Gasteiger partial charge on any atom is -0.491 e. The summed E-state index contributed by atoms with van der Waals surface area (Å²) < 4.78 is 19.4. The van der Waals surface area contributed by atoms with Crippen molar-refractivity contribution in [2.75, 3.05) is 16.8 Å². The fraction of sp³-hybridized carbons (Fsp3) is 0.154. The number of hydrogen-bond donors (Lipinski definition) is 1. The number of ether oxygens (including phenoxy) is 1. The van der Waals surface area contributed by atoms with Gasteiger partial charge in [0.1, 0.15) is 17.3 Å². The summed E-state index contributed by atoms with van der Waals surface area (Å²) in [4.78, 5) is 28.3. The molecule has 7 heteroatoms. The SMILES string of the molecule is CCCOc1ccccc1N1C(=O)C(Nc2cc(Cl)ccc2C)=C(c2ccc(F)cc2)C1=O. The van der Waals surface area contributed by atoms with Crippen molar-refractivity contribution in [2.24, 2.45) is 0 Å². The second-order valence-corrected chi connectivity index (χ2v) is 8.04. The molecule has 1 heterocycles. The Kier molecular flexibility index (Phi) is 6.47. The molecule has 1 aliphatic rings. The van der Waals surface area contributed by atoms with Gasteiger partial charge in [-0.15, -0.1) is 0 Å². The molecule has 0 unspecified atom stereocenters. The molecule has 168 valence electrons. The molecule has 1 N–H and O–H groups in total. The Morgan fingerprint density at radius 2 is 1.73 bits per heavy atom. The average Bonchev–Trinajstić information content (AvgIpc) is 3.05. The van der Waals surface area contributed by atoms with E-state index in [1.165, 1.54) is 24.3 Å². The molecule has 0 bridgehead atoms. The highest BCUT2D eigenvalue weighted by molar-refractivity contribution is 6.46. The van der Waals surface area contributed by atoms with Crippen molar-refractivity contribution >= 4 is 40.4 Å². The number of benzene rings is 3. The van der Waals surface area contributed by atoms with Crippen LogP contribution in [0.5, 0.6) is 5.75 Å². The fourth-order valence-electron chi connectivity index (χ4n) is 3.59.